The molecule has 0 aromatic heterocycles. The first-order valence-electron chi connectivity index (χ1n) is 8.26. The lowest BCUT2D eigenvalue weighted by Crippen LogP contribution is -2.17. The number of benzene rings is 2. The van der Waals surface area contributed by atoms with Crippen LogP contribution in [-0.4, -0.2) is 43.8 Å². The third-order valence-electron chi connectivity index (χ3n) is 3.76. The fraction of sp³-hybridized carbons (Fsp3) is 0.263. The third-order valence-corrected chi connectivity index (χ3v) is 7.05. The maximum Gasteiger partial charge on any atom is 0.286 e. The molecule has 2 aromatic carbocycles. The molecule has 0 aliphatic rings. The Kier molecular flexibility index (Phi) is 6.67. The number of hydrogen-bond donors (Lipinski definition) is 1. The smallest absolute Gasteiger partial charge is 0.286 e. The second kappa shape index (κ2) is 8.58. The Labute approximate surface area is 163 Å². The van der Waals surface area contributed by atoms with Gasteiger partial charge in [0.2, 0.25) is 0 Å². The van der Waals surface area contributed by atoms with Gasteiger partial charge in [0, 0.05) is 24.6 Å². The number of sulfone groups is 1. The average molecular weight is 407 g/mol. The van der Waals surface area contributed by atoms with Gasteiger partial charge in [0.05, 0.1) is 15.8 Å². The first-order chi connectivity index (χ1) is 12.6. The molecule has 0 bridgehead atoms. The molecule has 0 aliphatic carbocycles. The van der Waals surface area contributed by atoms with Crippen molar-refractivity contribution in [3.05, 3.63) is 54.1 Å². The van der Waals surface area contributed by atoms with Crippen molar-refractivity contribution in [2.45, 2.75) is 28.9 Å². The fourth-order valence-corrected chi connectivity index (χ4v) is 3.91. The van der Waals surface area contributed by atoms with Crippen molar-refractivity contribution in [3.63, 3.8) is 0 Å². The molecule has 0 atom stereocenters. The number of carbonyl (C=O) groups excluding carboxylic acids is 2. The molecule has 2 aromatic rings. The summed E-state index contributed by atoms with van der Waals surface area (Å²) in [5.74, 6) is -0.381. The van der Waals surface area contributed by atoms with E-state index in [0.717, 1.165) is 11.8 Å². The summed E-state index contributed by atoms with van der Waals surface area (Å²) in [5.41, 5.74) is 0.845. The van der Waals surface area contributed by atoms with Crippen molar-refractivity contribution in [1.82, 2.24) is 4.90 Å². The summed E-state index contributed by atoms with van der Waals surface area (Å²) >= 11 is 1.02. The highest BCUT2D eigenvalue weighted by molar-refractivity contribution is 8.13. The summed E-state index contributed by atoms with van der Waals surface area (Å²) in [5, 5.41) is 2.09. The van der Waals surface area contributed by atoms with Crippen molar-refractivity contribution in [1.29, 1.82) is 0 Å². The van der Waals surface area contributed by atoms with Crippen LogP contribution >= 0.6 is 11.8 Å². The van der Waals surface area contributed by atoms with Crippen LogP contribution in [0.5, 0.6) is 0 Å². The molecule has 8 heteroatoms. The number of carbonyl (C=O) groups is 2. The van der Waals surface area contributed by atoms with Crippen LogP contribution in [0.1, 0.15) is 24.2 Å². The Hall–Kier alpha value is -2.32. The third kappa shape index (κ3) is 5.11. The Balaban J connectivity index is 2.20. The van der Waals surface area contributed by atoms with Crippen LogP contribution in [0, 0.1) is 0 Å². The normalized spacial score (nSPS) is 11.3. The van der Waals surface area contributed by atoms with E-state index >= 15 is 0 Å². The number of amides is 2. The number of nitrogens with zero attached hydrogens (tertiary/aromatic N) is 1. The van der Waals surface area contributed by atoms with Crippen molar-refractivity contribution in [3.8, 4) is 0 Å². The number of hydrogen-bond acceptors (Lipinski definition) is 5. The molecule has 0 aliphatic heterocycles. The van der Waals surface area contributed by atoms with Crippen LogP contribution in [0.2, 0.25) is 0 Å². The predicted octanol–water partition coefficient (Wildman–Crippen LogP) is 3.89. The molecular formula is C19H22N2O4S2. The van der Waals surface area contributed by atoms with Gasteiger partial charge in [-0.15, -0.1) is 0 Å². The van der Waals surface area contributed by atoms with Gasteiger partial charge in [0.15, 0.2) is 9.84 Å². The minimum Gasteiger partial charge on any atom is -0.339 e. The summed E-state index contributed by atoms with van der Waals surface area (Å²) in [6, 6.07) is 12.8. The highest BCUT2D eigenvalue weighted by Crippen LogP contribution is 2.29. The molecule has 0 saturated heterocycles. The van der Waals surface area contributed by atoms with E-state index in [0.29, 0.717) is 16.1 Å². The topological polar surface area (TPSA) is 83.5 Å². The summed E-state index contributed by atoms with van der Waals surface area (Å²) in [7, 11) is -0.0717. The highest BCUT2D eigenvalue weighted by Gasteiger charge is 2.19. The lowest BCUT2D eigenvalue weighted by molar-refractivity contribution is 0.102. The molecule has 6 nitrogen and oxygen atoms in total. The monoisotopic (exact) mass is 406 g/mol. The first kappa shape index (κ1) is 21.0. The number of thioether (sulfide) groups is 1. The number of anilines is 1. The molecule has 0 radical (unpaired) electrons. The lowest BCUT2D eigenvalue weighted by atomic mass is 10.2. The fourth-order valence-electron chi connectivity index (χ4n) is 2.11. The number of para-hydroxylation sites is 1. The van der Waals surface area contributed by atoms with Gasteiger partial charge in [-0.25, -0.2) is 8.42 Å². The minimum absolute atomic E-state index is 0.153. The average Bonchev–Trinajstić information content (AvgIpc) is 2.63. The van der Waals surface area contributed by atoms with Crippen LogP contribution in [0.15, 0.2) is 58.3 Å². The zero-order valence-electron chi connectivity index (χ0n) is 15.6. The molecule has 0 fully saturated rings. The van der Waals surface area contributed by atoms with Crippen LogP contribution in [0.3, 0.4) is 0 Å². The Morgan fingerprint density at radius 2 is 1.59 bits per heavy atom. The molecule has 0 unspecified atom stereocenters. The van der Waals surface area contributed by atoms with E-state index in [1.54, 1.807) is 52.2 Å². The van der Waals surface area contributed by atoms with Gasteiger partial charge in [-0.2, -0.15) is 0 Å². The summed E-state index contributed by atoms with van der Waals surface area (Å²) in [6.07, 6.45) is 0. The predicted molar refractivity (Wildman–Crippen MR) is 108 cm³/mol. The van der Waals surface area contributed by atoms with E-state index in [1.165, 1.54) is 29.2 Å². The minimum atomic E-state index is -3.38. The molecular weight excluding hydrogens is 384 g/mol. The van der Waals surface area contributed by atoms with Gasteiger partial charge in [-0.3, -0.25) is 9.59 Å². The Morgan fingerprint density at radius 1 is 1.00 bits per heavy atom. The summed E-state index contributed by atoms with van der Waals surface area (Å²) in [4.78, 5) is 26.7. The van der Waals surface area contributed by atoms with E-state index in [9.17, 15) is 18.0 Å². The second-order valence-electron chi connectivity index (χ2n) is 6.33. The van der Waals surface area contributed by atoms with Crippen LogP contribution < -0.4 is 5.32 Å². The molecule has 144 valence electrons. The van der Waals surface area contributed by atoms with E-state index in [2.05, 4.69) is 5.32 Å². The number of rotatable bonds is 5. The van der Waals surface area contributed by atoms with Gasteiger partial charge in [0.1, 0.15) is 0 Å². The van der Waals surface area contributed by atoms with Gasteiger partial charge in [0.25, 0.3) is 11.1 Å². The van der Waals surface area contributed by atoms with E-state index < -0.39 is 15.1 Å². The van der Waals surface area contributed by atoms with Gasteiger partial charge in [-0.05, 0) is 62.0 Å². The second-order valence-corrected chi connectivity index (χ2v) is 9.83. The molecule has 0 spiro atoms. The number of nitrogens with one attached hydrogen (secondary N) is 1. The van der Waals surface area contributed by atoms with E-state index in [-0.39, 0.29) is 16.0 Å². The van der Waals surface area contributed by atoms with Crippen molar-refractivity contribution >= 4 is 38.4 Å². The van der Waals surface area contributed by atoms with Crippen LogP contribution in [0.4, 0.5) is 10.5 Å². The van der Waals surface area contributed by atoms with Crippen molar-refractivity contribution in [2.24, 2.45) is 0 Å². The SMILES string of the molecule is CC(C)S(=O)(=O)c1ccc(C(=O)Nc2ccccc2SC(=O)N(C)C)cc1. The van der Waals surface area contributed by atoms with Gasteiger partial charge >= 0.3 is 0 Å². The maximum atomic E-state index is 12.5. The van der Waals surface area contributed by atoms with E-state index in [1.807, 2.05) is 0 Å². The Bertz CT molecular complexity index is 936. The van der Waals surface area contributed by atoms with Crippen molar-refractivity contribution in [2.75, 3.05) is 19.4 Å². The van der Waals surface area contributed by atoms with Crippen LogP contribution in [-0.2, 0) is 9.84 Å². The lowest BCUT2D eigenvalue weighted by Gasteiger charge is -2.13. The zero-order valence-corrected chi connectivity index (χ0v) is 17.2. The molecule has 1 N–H and O–H groups in total. The first-order valence-corrected chi connectivity index (χ1v) is 10.6. The quantitative estimate of drug-likeness (QED) is 0.762. The highest BCUT2D eigenvalue weighted by atomic mass is 32.2. The van der Waals surface area contributed by atoms with E-state index in [4.69, 9.17) is 0 Å². The summed E-state index contributed by atoms with van der Waals surface area (Å²) < 4.78 is 24.3. The zero-order chi connectivity index (χ0) is 20.2. The molecule has 2 amide bonds. The Morgan fingerprint density at radius 3 is 2.15 bits per heavy atom. The molecule has 0 heterocycles. The molecule has 2 rings (SSSR count). The maximum absolute atomic E-state index is 12.5. The van der Waals surface area contributed by atoms with Crippen molar-refractivity contribution < 1.29 is 18.0 Å². The van der Waals surface area contributed by atoms with Gasteiger partial charge in [-0.1, -0.05) is 12.1 Å². The summed E-state index contributed by atoms with van der Waals surface area (Å²) in [6.45, 7) is 3.22. The molecule has 0 saturated carbocycles. The molecule has 27 heavy (non-hydrogen) atoms. The van der Waals surface area contributed by atoms with Crippen LogP contribution in [0.25, 0.3) is 0 Å². The van der Waals surface area contributed by atoms with Gasteiger partial charge < -0.3 is 10.2 Å². The standard InChI is InChI=1S/C19H22N2O4S2/c1-13(2)27(24,25)15-11-9-14(10-12-15)18(22)20-16-7-5-6-8-17(16)26-19(23)21(3)4/h5-13H,1-4H3,(H,20,22). The largest absolute Gasteiger partial charge is 0.339 e.